The molecule has 1 saturated heterocycles. The third-order valence-corrected chi connectivity index (χ3v) is 4.25. The van der Waals surface area contributed by atoms with Crippen LogP contribution in [0.4, 0.5) is 0 Å². The van der Waals surface area contributed by atoms with E-state index < -0.39 is 0 Å². The first-order valence-electron chi connectivity index (χ1n) is 8.04. The molecule has 0 atom stereocenters. The van der Waals surface area contributed by atoms with Crippen LogP contribution in [-0.2, 0) is 4.79 Å². The highest BCUT2D eigenvalue weighted by Crippen LogP contribution is 2.15. The lowest BCUT2D eigenvalue weighted by Crippen LogP contribution is -2.51. The highest BCUT2D eigenvalue weighted by Gasteiger charge is 2.25. The van der Waals surface area contributed by atoms with Crippen LogP contribution in [-0.4, -0.2) is 64.6 Å². The van der Waals surface area contributed by atoms with Gasteiger partial charge in [-0.2, -0.15) is 5.10 Å². The van der Waals surface area contributed by atoms with Gasteiger partial charge >= 0.3 is 0 Å². The van der Waals surface area contributed by atoms with Crippen LogP contribution in [0.5, 0.6) is 5.75 Å². The lowest BCUT2D eigenvalue weighted by molar-refractivity contribution is -0.134. The molecular weight excluding hydrogens is 360 g/mol. The van der Waals surface area contributed by atoms with Gasteiger partial charge < -0.3 is 14.5 Å². The zero-order valence-electron chi connectivity index (χ0n) is 13.9. The van der Waals surface area contributed by atoms with Crippen molar-refractivity contribution in [1.82, 2.24) is 20.0 Å². The molecule has 0 spiro atoms. The number of hydrogen-bond acceptors (Lipinski definition) is 5. The number of rotatable bonds is 4. The number of halogens is 1. The molecule has 1 aromatic heterocycles. The summed E-state index contributed by atoms with van der Waals surface area (Å²) in [6.45, 7) is 1.55. The van der Waals surface area contributed by atoms with Crippen molar-refractivity contribution in [3.05, 3.63) is 57.5 Å². The highest BCUT2D eigenvalue weighted by molar-refractivity contribution is 6.30. The van der Waals surface area contributed by atoms with Gasteiger partial charge in [-0.15, -0.1) is 0 Å². The van der Waals surface area contributed by atoms with E-state index in [-0.39, 0.29) is 29.7 Å². The lowest BCUT2D eigenvalue weighted by atomic mass is 10.2. The average Bonchev–Trinajstić information content (AvgIpc) is 2.67. The van der Waals surface area contributed by atoms with E-state index in [1.54, 1.807) is 34.1 Å². The van der Waals surface area contributed by atoms with E-state index in [0.29, 0.717) is 37.0 Å². The number of aromatic nitrogens is 2. The Morgan fingerprint density at radius 1 is 1.04 bits per heavy atom. The SMILES string of the molecule is O=C(COc1ccc(Cl)cc1)N1CCN(C(=O)c2ccc(=O)[nH]n2)CC1. The summed E-state index contributed by atoms with van der Waals surface area (Å²) in [5, 5.41) is 6.58. The van der Waals surface area contributed by atoms with Gasteiger partial charge in [0.25, 0.3) is 17.4 Å². The van der Waals surface area contributed by atoms with E-state index in [1.807, 2.05) is 0 Å². The molecular formula is C17H17ClN4O4. The first-order chi connectivity index (χ1) is 12.5. The number of carbonyl (C=O) groups excluding carboxylic acids is 2. The summed E-state index contributed by atoms with van der Waals surface area (Å²) in [7, 11) is 0. The van der Waals surface area contributed by atoms with Crippen LogP contribution >= 0.6 is 11.6 Å². The van der Waals surface area contributed by atoms with Gasteiger partial charge in [-0.1, -0.05) is 11.6 Å². The molecule has 2 aromatic rings. The Balaban J connectivity index is 1.48. The van der Waals surface area contributed by atoms with Gasteiger partial charge in [-0.05, 0) is 30.3 Å². The van der Waals surface area contributed by atoms with Gasteiger partial charge in [-0.25, -0.2) is 5.10 Å². The fourth-order valence-corrected chi connectivity index (χ4v) is 2.68. The second-order valence-corrected chi connectivity index (χ2v) is 6.16. The van der Waals surface area contributed by atoms with E-state index in [4.69, 9.17) is 16.3 Å². The molecule has 1 aliphatic heterocycles. The molecule has 1 aliphatic rings. The van der Waals surface area contributed by atoms with Crippen molar-refractivity contribution in [2.75, 3.05) is 32.8 Å². The number of benzene rings is 1. The molecule has 0 saturated carbocycles. The number of amides is 2. The molecule has 0 radical (unpaired) electrons. The number of aromatic amines is 1. The fraction of sp³-hybridized carbons (Fsp3) is 0.294. The van der Waals surface area contributed by atoms with Crippen LogP contribution in [0.1, 0.15) is 10.5 Å². The molecule has 0 aliphatic carbocycles. The summed E-state index contributed by atoms with van der Waals surface area (Å²) in [6, 6.07) is 9.42. The first-order valence-corrected chi connectivity index (χ1v) is 8.42. The quantitative estimate of drug-likeness (QED) is 0.851. The van der Waals surface area contributed by atoms with Gasteiger partial charge in [0.1, 0.15) is 11.4 Å². The van der Waals surface area contributed by atoms with Crippen molar-refractivity contribution in [3.8, 4) is 5.75 Å². The van der Waals surface area contributed by atoms with Crippen LogP contribution in [0.15, 0.2) is 41.2 Å². The van der Waals surface area contributed by atoms with Gasteiger partial charge in [0.05, 0.1) is 0 Å². The van der Waals surface area contributed by atoms with E-state index in [9.17, 15) is 14.4 Å². The van der Waals surface area contributed by atoms with Gasteiger partial charge in [0, 0.05) is 37.3 Å². The second-order valence-electron chi connectivity index (χ2n) is 5.72. The third-order valence-electron chi connectivity index (χ3n) is 3.99. The maximum absolute atomic E-state index is 12.3. The van der Waals surface area contributed by atoms with Crippen molar-refractivity contribution >= 4 is 23.4 Å². The van der Waals surface area contributed by atoms with E-state index in [1.165, 1.54) is 12.1 Å². The third kappa shape index (κ3) is 4.40. The molecule has 1 aromatic carbocycles. The van der Waals surface area contributed by atoms with Crippen LogP contribution < -0.4 is 10.3 Å². The normalized spacial score (nSPS) is 14.2. The monoisotopic (exact) mass is 376 g/mol. The Morgan fingerprint density at radius 3 is 2.31 bits per heavy atom. The Hall–Kier alpha value is -2.87. The molecule has 2 amide bonds. The molecule has 0 bridgehead atoms. The molecule has 1 fully saturated rings. The standard InChI is InChI=1S/C17H17ClN4O4/c18-12-1-3-13(4-2-12)26-11-16(24)21-7-9-22(10-8-21)17(25)14-5-6-15(23)20-19-14/h1-6H,7-11H2,(H,20,23). The van der Waals surface area contributed by atoms with Crippen molar-refractivity contribution in [3.63, 3.8) is 0 Å². The number of nitrogens with zero attached hydrogens (tertiary/aromatic N) is 3. The molecule has 26 heavy (non-hydrogen) atoms. The summed E-state index contributed by atoms with van der Waals surface area (Å²) < 4.78 is 5.46. The highest BCUT2D eigenvalue weighted by atomic mass is 35.5. The lowest BCUT2D eigenvalue weighted by Gasteiger charge is -2.34. The van der Waals surface area contributed by atoms with Gasteiger partial charge in [-0.3, -0.25) is 14.4 Å². The molecule has 0 unspecified atom stereocenters. The number of carbonyl (C=O) groups is 2. The largest absolute Gasteiger partial charge is 0.484 e. The number of hydrogen-bond donors (Lipinski definition) is 1. The van der Waals surface area contributed by atoms with E-state index >= 15 is 0 Å². The van der Waals surface area contributed by atoms with Crippen LogP contribution in [0, 0.1) is 0 Å². The minimum Gasteiger partial charge on any atom is -0.484 e. The maximum atomic E-state index is 12.3. The number of H-pyrrole nitrogens is 1. The second kappa shape index (κ2) is 8.01. The van der Waals surface area contributed by atoms with Crippen LogP contribution in [0.2, 0.25) is 5.02 Å². The Labute approximate surface area is 154 Å². The summed E-state index contributed by atoms with van der Waals surface area (Å²) >= 11 is 5.80. The average molecular weight is 377 g/mol. The van der Waals surface area contributed by atoms with E-state index in [0.717, 1.165) is 0 Å². The Morgan fingerprint density at radius 2 is 1.69 bits per heavy atom. The zero-order valence-corrected chi connectivity index (χ0v) is 14.6. The molecule has 2 heterocycles. The molecule has 1 N–H and O–H groups in total. The topological polar surface area (TPSA) is 95.6 Å². The van der Waals surface area contributed by atoms with Gasteiger partial charge in [0.2, 0.25) is 0 Å². The number of ether oxygens (including phenoxy) is 1. The summed E-state index contributed by atoms with van der Waals surface area (Å²) in [5.41, 5.74) is -0.187. The summed E-state index contributed by atoms with van der Waals surface area (Å²) in [5.74, 6) is 0.153. The fourth-order valence-electron chi connectivity index (χ4n) is 2.55. The van der Waals surface area contributed by atoms with Crippen LogP contribution in [0.25, 0.3) is 0 Å². The number of nitrogens with one attached hydrogen (secondary N) is 1. The van der Waals surface area contributed by atoms with Crippen LogP contribution in [0.3, 0.4) is 0 Å². The zero-order chi connectivity index (χ0) is 18.5. The van der Waals surface area contributed by atoms with Crippen molar-refractivity contribution in [1.29, 1.82) is 0 Å². The summed E-state index contributed by atoms with van der Waals surface area (Å²) in [4.78, 5) is 38.8. The molecule has 136 valence electrons. The van der Waals surface area contributed by atoms with Crippen molar-refractivity contribution in [2.45, 2.75) is 0 Å². The first kappa shape index (κ1) is 17.9. The maximum Gasteiger partial charge on any atom is 0.274 e. The minimum absolute atomic E-state index is 0.0724. The van der Waals surface area contributed by atoms with Crippen molar-refractivity contribution < 1.29 is 14.3 Å². The summed E-state index contributed by atoms with van der Waals surface area (Å²) in [6.07, 6.45) is 0. The predicted molar refractivity (Wildman–Crippen MR) is 94.3 cm³/mol. The molecule has 9 heteroatoms. The van der Waals surface area contributed by atoms with Crippen molar-refractivity contribution in [2.24, 2.45) is 0 Å². The molecule has 3 rings (SSSR count). The van der Waals surface area contributed by atoms with E-state index in [2.05, 4.69) is 10.2 Å². The Bertz CT molecular complexity index is 824. The smallest absolute Gasteiger partial charge is 0.274 e. The number of piperazine rings is 1. The predicted octanol–water partition coefficient (Wildman–Crippen LogP) is 0.787. The molecule has 8 nitrogen and oxygen atoms in total. The Kier molecular flexibility index (Phi) is 5.52. The van der Waals surface area contributed by atoms with Gasteiger partial charge in [0.15, 0.2) is 6.61 Å². The minimum atomic E-state index is -0.363.